The summed E-state index contributed by atoms with van der Waals surface area (Å²) >= 11 is 5.79. The highest BCUT2D eigenvalue weighted by Gasteiger charge is 2.21. The Labute approximate surface area is 151 Å². The summed E-state index contributed by atoms with van der Waals surface area (Å²) in [7, 11) is 0. The minimum Gasteiger partial charge on any atom is -0.311 e. The Morgan fingerprint density at radius 1 is 1.08 bits per heavy atom. The van der Waals surface area contributed by atoms with Crippen LogP contribution in [0.25, 0.3) is 0 Å². The number of halogens is 2. The van der Waals surface area contributed by atoms with Gasteiger partial charge in [0.1, 0.15) is 12.4 Å². The Balaban J connectivity index is 2.27. The fourth-order valence-corrected chi connectivity index (χ4v) is 2.73. The van der Waals surface area contributed by atoms with Gasteiger partial charge in [-0.2, -0.15) is 0 Å². The van der Waals surface area contributed by atoms with Crippen LogP contribution in [0.2, 0.25) is 5.02 Å². The zero-order chi connectivity index (χ0) is 18.6. The normalized spacial score (nSPS) is 10.4. The number of likely N-dealkylation sites (N-methyl/N-ethyl adjacent to an activating group) is 1. The molecule has 0 aromatic heterocycles. The van der Waals surface area contributed by atoms with Crippen LogP contribution < -0.4 is 9.80 Å². The number of hydrogen-bond acceptors (Lipinski definition) is 2. The maximum absolute atomic E-state index is 13.4. The molecule has 2 amide bonds. The molecule has 0 bridgehead atoms. The van der Waals surface area contributed by atoms with E-state index in [-0.39, 0.29) is 23.4 Å². The summed E-state index contributed by atoms with van der Waals surface area (Å²) in [5.74, 6) is -1.13. The number of rotatable bonds is 5. The van der Waals surface area contributed by atoms with E-state index in [4.69, 9.17) is 11.6 Å². The molecule has 6 heteroatoms. The molecule has 0 aliphatic heterocycles. The fraction of sp³-hybridized carbons (Fsp3) is 0.263. The second-order valence-corrected chi connectivity index (χ2v) is 6.09. The van der Waals surface area contributed by atoms with Crippen molar-refractivity contribution in [3.8, 4) is 0 Å². The van der Waals surface area contributed by atoms with Crippen LogP contribution >= 0.6 is 11.6 Å². The van der Waals surface area contributed by atoms with Gasteiger partial charge in [0.2, 0.25) is 11.8 Å². The van der Waals surface area contributed by atoms with Crippen LogP contribution in [-0.4, -0.2) is 24.9 Å². The van der Waals surface area contributed by atoms with Gasteiger partial charge < -0.3 is 9.80 Å². The van der Waals surface area contributed by atoms with Crippen molar-refractivity contribution >= 4 is 34.8 Å². The third-order valence-corrected chi connectivity index (χ3v) is 4.11. The summed E-state index contributed by atoms with van der Waals surface area (Å²) in [4.78, 5) is 27.6. The molecule has 25 heavy (non-hydrogen) atoms. The van der Waals surface area contributed by atoms with Crippen molar-refractivity contribution in [2.75, 3.05) is 22.9 Å². The number of aryl methyl sites for hydroxylation is 1. The zero-order valence-electron chi connectivity index (χ0n) is 14.4. The molecular weight excluding hydrogens is 343 g/mol. The molecule has 0 fully saturated rings. The average molecular weight is 363 g/mol. The monoisotopic (exact) mass is 362 g/mol. The van der Waals surface area contributed by atoms with E-state index in [0.29, 0.717) is 12.2 Å². The van der Waals surface area contributed by atoms with Crippen LogP contribution in [0.3, 0.4) is 0 Å². The molecule has 0 atom stereocenters. The van der Waals surface area contributed by atoms with Crippen LogP contribution in [0.4, 0.5) is 15.8 Å². The van der Waals surface area contributed by atoms with Crippen LogP contribution in [0, 0.1) is 12.7 Å². The van der Waals surface area contributed by atoms with Crippen molar-refractivity contribution in [1.82, 2.24) is 0 Å². The smallest absolute Gasteiger partial charge is 0.247 e. The molecule has 132 valence electrons. The maximum Gasteiger partial charge on any atom is 0.247 e. The predicted molar refractivity (Wildman–Crippen MR) is 98.6 cm³/mol. The first-order valence-corrected chi connectivity index (χ1v) is 8.31. The fourth-order valence-electron chi connectivity index (χ4n) is 2.56. The number of carbonyl (C=O) groups is 2. The Kier molecular flexibility index (Phi) is 6.15. The van der Waals surface area contributed by atoms with Gasteiger partial charge in [-0.25, -0.2) is 4.39 Å². The van der Waals surface area contributed by atoms with Gasteiger partial charge in [0.25, 0.3) is 0 Å². The van der Waals surface area contributed by atoms with Gasteiger partial charge in [-0.05, 0) is 49.7 Å². The van der Waals surface area contributed by atoms with Crippen molar-refractivity contribution in [3.05, 3.63) is 58.9 Å². The van der Waals surface area contributed by atoms with Crippen molar-refractivity contribution in [3.63, 3.8) is 0 Å². The highest BCUT2D eigenvalue weighted by molar-refractivity contribution is 6.31. The van der Waals surface area contributed by atoms with Crippen molar-refractivity contribution in [2.45, 2.75) is 20.8 Å². The lowest BCUT2D eigenvalue weighted by molar-refractivity contribution is -0.121. The van der Waals surface area contributed by atoms with Crippen molar-refractivity contribution < 1.29 is 14.0 Å². The van der Waals surface area contributed by atoms with E-state index >= 15 is 0 Å². The number of anilines is 2. The summed E-state index contributed by atoms with van der Waals surface area (Å²) in [6.07, 6.45) is 0. The van der Waals surface area contributed by atoms with E-state index in [1.54, 1.807) is 4.90 Å². The number of benzene rings is 2. The predicted octanol–water partition coefficient (Wildman–Crippen LogP) is 4.19. The third-order valence-electron chi connectivity index (χ3n) is 3.82. The maximum atomic E-state index is 13.4. The molecule has 2 rings (SSSR count). The Bertz CT molecular complexity index is 795. The first kappa shape index (κ1) is 18.9. The Morgan fingerprint density at radius 2 is 1.76 bits per heavy atom. The van der Waals surface area contributed by atoms with Crippen molar-refractivity contribution in [1.29, 1.82) is 0 Å². The topological polar surface area (TPSA) is 40.6 Å². The van der Waals surface area contributed by atoms with Gasteiger partial charge in [-0.3, -0.25) is 9.59 Å². The molecule has 0 unspecified atom stereocenters. The number of amides is 2. The van der Waals surface area contributed by atoms with Crippen LogP contribution in [0.5, 0.6) is 0 Å². The van der Waals surface area contributed by atoms with Crippen LogP contribution in [0.15, 0.2) is 42.5 Å². The summed E-state index contributed by atoms with van der Waals surface area (Å²) in [5.41, 5.74) is 2.19. The van der Waals surface area contributed by atoms with Crippen LogP contribution in [0.1, 0.15) is 19.4 Å². The molecule has 2 aromatic rings. The van der Waals surface area contributed by atoms with Gasteiger partial charge >= 0.3 is 0 Å². The van der Waals surface area contributed by atoms with Gasteiger partial charge in [-0.15, -0.1) is 0 Å². The van der Waals surface area contributed by atoms with Crippen LogP contribution in [-0.2, 0) is 9.59 Å². The van der Waals surface area contributed by atoms with Gasteiger partial charge in [-0.1, -0.05) is 23.7 Å². The summed E-state index contributed by atoms with van der Waals surface area (Å²) in [6.45, 7) is 5.49. The lowest BCUT2D eigenvalue weighted by atomic mass is 10.2. The lowest BCUT2D eigenvalue weighted by Crippen LogP contribution is -2.42. The molecule has 0 aliphatic carbocycles. The first-order chi connectivity index (χ1) is 11.8. The lowest BCUT2D eigenvalue weighted by Gasteiger charge is -2.26. The quantitative estimate of drug-likeness (QED) is 0.800. The van der Waals surface area contributed by atoms with Gasteiger partial charge in [0, 0.05) is 24.8 Å². The molecular formula is C19H20ClFN2O2. The van der Waals surface area contributed by atoms with Gasteiger partial charge in [0.05, 0.1) is 5.02 Å². The first-order valence-electron chi connectivity index (χ1n) is 7.93. The minimum absolute atomic E-state index is 0.0952. The summed E-state index contributed by atoms with van der Waals surface area (Å²) in [5, 5.41) is -0.0952. The third kappa shape index (κ3) is 4.57. The van der Waals surface area contributed by atoms with E-state index in [1.807, 2.05) is 38.1 Å². The van der Waals surface area contributed by atoms with E-state index in [1.165, 1.54) is 30.0 Å². The second-order valence-electron chi connectivity index (χ2n) is 5.68. The molecule has 0 spiro atoms. The highest BCUT2D eigenvalue weighted by atomic mass is 35.5. The molecule has 0 heterocycles. The Morgan fingerprint density at radius 3 is 2.32 bits per heavy atom. The average Bonchev–Trinajstić information content (AvgIpc) is 2.56. The largest absolute Gasteiger partial charge is 0.311 e. The molecule has 0 radical (unpaired) electrons. The Hall–Kier alpha value is -2.40. The molecule has 0 N–H and O–H groups in total. The molecule has 0 aliphatic rings. The molecule has 0 saturated heterocycles. The zero-order valence-corrected chi connectivity index (χ0v) is 15.2. The highest BCUT2D eigenvalue weighted by Crippen LogP contribution is 2.23. The SMILES string of the molecule is CCN(C(=O)CN(C(C)=O)c1ccc(F)c(Cl)c1)c1cccc(C)c1. The second kappa shape index (κ2) is 8.12. The number of hydrogen-bond donors (Lipinski definition) is 0. The standard InChI is InChI=1S/C19H20ClFN2O2/c1-4-22(15-7-5-6-13(2)10-15)19(25)12-23(14(3)24)16-8-9-18(21)17(20)11-16/h5-11H,4,12H2,1-3H3. The summed E-state index contributed by atoms with van der Waals surface area (Å²) in [6, 6.07) is 11.5. The summed E-state index contributed by atoms with van der Waals surface area (Å²) < 4.78 is 13.4. The molecule has 4 nitrogen and oxygen atoms in total. The van der Waals surface area contributed by atoms with Crippen molar-refractivity contribution in [2.24, 2.45) is 0 Å². The van der Waals surface area contributed by atoms with E-state index in [9.17, 15) is 14.0 Å². The molecule has 0 saturated carbocycles. The minimum atomic E-state index is -0.574. The molecule has 2 aromatic carbocycles. The van der Waals surface area contributed by atoms with E-state index in [0.717, 1.165) is 11.3 Å². The number of nitrogens with zero attached hydrogens (tertiary/aromatic N) is 2. The number of carbonyl (C=O) groups excluding carboxylic acids is 2. The van der Waals surface area contributed by atoms with E-state index < -0.39 is 5.82 Å². The van der Waals surface area contributed by atoms with Gasteiger partial charge in [0.15, 0.2) is 0 Å². The van der Waals surface area contributed by atoms with E-state index in [2.05, 4.69) is 0 Å².